The van der Waals surface area contributed by atoms with Gasteiger partial charge in [-0.3, -0.25) is 9.59 Å². The highest BCUT2D eigenvalue weighted by atomic mass is 35.5. The maximum atomic E-state index is 13.1. The van der Waals surface area contributed by atoms with E-state index in [1.165, 1.54) is 6.07 Å². The highest BCUT2D eigenvalue weighted by molar-refractivity contribution is 6.32. The fourth-order valence-corrected chi connectivity index (χ4v) is 3.40. The first-order chi connectivity index (χ1) is 15.6. The predicted octanol–water partition coefficient (Wildman–Crippen LogP) is 3.99. The Hall–Kier alpha value is -3.73. The number of carbonyl (C=O) groups excluding carboxylic acids is 1. The number of benzene rings is 2. The number of nitrogens with one attached hydrogen (secondary N) is 1. The molecular formula is C21H16ClF3N6O2. The van der Waals surface area contributed by atoms with Crippen molar-refractivity contribution in [1.82, 2.24) is 24.8 Å². The largest absolute Gasteiger partial charge is 0.416 e. The summed E-state index contributed by atoms with van der Waals surface area (Å²) in [6.07, 6.45) is -4.70. The minimum Gasteiger partial charge on any atom is -0.311 e. The Morgan fingerprint density at radius 2 is 1.91 bits per heavy atom. The molecule has 170 valence electrons. The standard InChI is InChI=1S/C21H16ClF3N6O2/c1-12-10-18(31(28-12)17-11-13(21(23,24)25)6-7-15(17)22)26-19(32)8-9-30-20(33)14-4-2-3-5-16(14)27-29-30/h2-7,10-11H,8-9H2,1H3,(H,26,32). The van der Waals surface area contributed by atoms with Gasteiger partial charge in [-0.2, -0.15) is 18.3 Å². The van der Waals surface area contributed by atoms with E-state index in [-0.39, 0.29) is 35.1 Å². The van der Waals surface area contributed by atoms with Crippen LogP contribution in [0.15, 0.2) is 53.3 Å². The van der Waals surface area contributed by atoms with Gasteiger partial charge in [-0.15, -0.1) is 5.10 Å². The van der Waals surface area contributed by atoms with Gasteiger partial charge in [0.1, 0.15) is 11.3 Å². The quantitative estimate of drug-likeness (QED) is 0.470. The second-order valence-electron chi connectivity index (χ2n) is 7.18. The van der Waals surface area contributed by atoms with E-state index in [0.717, 1.165) is 27.6 Å². The first kappa shape index (κ1) is 22.5. The van der Waals surface area contributed by atoms with Gasteiger partial charge in [-0.1, -0.05) is 28.9 Å². The summed E-state index contributed by atoms with van der Waals surface area (Å²) < 4.78 is 41.6. The highest BCUT2D eigenvalue weighted by Gasteiger charge is 2.31. The smallest absolute Gasteiger partial charge is 0.311 e. The average molecular weight is 477 g/mol. The summed E-state index contributed by atoms with van der Waals surface area (Å²) in [6, 6.07) is 11.0. The van der Waals surface area contributed by atoms with Crippen LogP contribution >= 0.6 is 11.6 Å². The third-order valence-electron chi connectivity index (χ3n) is 4.78. The normalized spacial score (nSPS) is 11.7. The Kier molecular flexibility index (Phi) is 5.90. The molecule has 0 aliphatic rings. The van der Waals surface area contributed by atoms with Crippen molar-refractivity contribution >= 4 is 34.2 Å². The van der Waals surface area contributed by atoms with Crippen LogP contribution in [0.25, 0.3) is 16.6 Å². The molecule has 0 radical (unpaired) electrons. The molecular weight excluding hydrogens is 461 g/mol. The van der Waals surface area contributed by atoms with Crippen LogP contribution in [0.3, 0.4) is 0 Å². The molecule has 1 amide bonds. The molecule has 0 unspecified atom stereocenters. The molecule has 0 bridgehead atoms. The van der Waals surface area contributed by atoms with E-state index in [2.05, 4.69) is 20.7 Å². The zero-order valence-corrected chi connectivity index (χ0v) is 17.9. The number of halogens is 4. The van der Waals surface area contributed by atoms with Crippen molar-refractivity contribution < 1.29 is 18.0 Å². The number of hydrogen-bond acceptors (Lipinski definition) is 5. The number of hydrogen-bond donors (Lipinski definition) is 1. The Bertz CT molecular complexity index is 1410. The first-order valence-corrected chi connectivity index (χ1v) is 10.1. The lowest BCUT2D eigenvalue weighted by Gasteiger charge is -2.13. The second kappa shape index (κ2) is 8.66. The maximum Gasteiger partial charge on any atom is 0.416 e. The monoisotopic (exact) mass is 476 g/mol. The fraction of sp³-hybridized carbons (Fsp3) is 0.190. The van der Waals surface area contributed by atoms with Crippen molar-refractivity contribution in [3.05, 3.63) is 75.2 Å². The molecule has 0 spiro atoms. The SMILES string of the molecule is Cc1cc(NC(=O)CCn2nnc3ccccc3c2=O)n(-c2cc(C(F)(F)F)ccc2Cl)n1. The van der Waals surface area contributed by atoms with E-state index in [0.29, 0.717) is 16.6 Å². The van der Waals surface area contributed by atoms with Crippen LogP contribution in [0.5, 0.6) is 0 Å². The van der Waals surface area contributed by atoms with Gasteiger partial charge in [0, 0.05) is 12.5 Å². The molecule has 0 atom stereocenters. The minimum atomic E-state index is -4.57. The van der Waals surface area contributed by atoms with Crippen molar-refractivity contribution in [3.8, 4) is 5.69 Å². The average Bonchev–Trinajstić information content (AvgIpc) is 3.12. The van der Waals surface area contributed by atoms with Gasteiger partial charge in [0.15, 0.2) is 0 Å². The van der Waals surface area contributed by atoms with E-state index < -0.39 is 17.6 Å². The van der Waals surface area contributed by atoms with Crippen LogP contribution in [-0.4, -0.2) is 30.7 Å². The molecule has 33 heavy (non-hydrogen) atoms. The molecule has 2 aromatic carbocycles. The second-order valence-corrected chi connectivity index (χ2v) is 7.59. The summed E-state index contributed by atoms with van der Waals surface area (Å²) in [6.45, 7) is 1.58. The first-order valence-electron chi connectivity index (χ1n) is 9.69. The van der Waals surface area contributed by atoms with E-state index in [1.54, 1.807) is 31.2 Å². The van der Waals surface area contributed by atoms with Crippen molar-refractivity contribution in [2.45, 2.75) is 26.1 Å². The predicted molar refractivity (Wildman–Crippen MR) is 115 cm³/mol. The summed E-state index contributed by atoms with van der Waals surface area (Å²) in [5, 5.41) is 15.0. The number of carbonyl (C=O) groups is 1. The number of nitrogens with zero attached hydrogens (tertiary/aromatic N) is 5. The lowest BCUT2D eigenvalue weighted by Crippen LogP contribution is -2.26. The van der Waals surface area contributed by atoms with Gasteiger partial charge in [-0.25, -0.2) is 9.36 Å². The molecule has 2 aromatic heterocycles. The lowest BCUT2D eigenvalue weighted by molar-refractivity contribution is -0.137. The van der Waals surface area contributed by atoms with Crippen LogP contribution in [-0.2, 0) is 17.5 Å². The van der Waals surface area contributed by atoms with Crippen LogP contribution < -0.4 is 10.9 Å². The van der Waals surface area contributed by atoms with Crippen LogP contribution in [0.2, 0.25) is 5.02 Å². The van der Waals surface area contributed by atoms with E-state index in [4.69, 9.17) is 11.6 Å². The van der Waals surface area contributed by atoms with Gasteiger partial charge in [-0.05, 0) is 37.3 Å². The number of fused-ring (bicyclic) bond motifs is 1. The van der Waals surface area contributed by atoms with Crippen molar-refractivity contribution in [1.29, 1.82) is 0 Å². The summed E-state index contributed by atoms with van der Waals surface area (Å²) in [4.78, 5) is 25.0. The zero-order chi connectivity index (χ0) is 23.8. The van der Waals surface area contributed by atoms with Crippen molar-refractivity contribution in [2.24, 2.45) is 0 Å². The molecule has 4 aromatic rings. The maximum absolute atomic E-state index is 13.1. The van der Waals surface area contributed by atoms with Crippen LogP contribution in [0.1, 0.15) is 17.7 Å². The Balaban J connectivity index is 1.55. The van der Waals surface area contributed by atoms with Gasteiger partial charge in [0.05, 0.1) is 33.9 Å². The number of alkyl halides is 3. The lowest BCUT2D eigenvalue weighted by atomic mass is 10.2. The minimum absolute atomic E-state index is 0.0274. The van der Waals surface area contributed by atoms with Gasteiger partial charge in [0.2, 0.25) is 5.91 Å². The van der Waals surface area contributed by atoms with Gasteiger partial charge < -0.3 is 5.32 Å². The fourth-order valence-electron chi connectivity index (χ4n) is 3.21. The molecule has 0 fully saturated rings. The van der Waals surface area contributed by atoms with E-state index >= 15 is 0 Å². The number of aryl methyl sites for hydroxylation is 2. The number of aromatic nitrogens is 5. The third kappa shape index (κ3) is 4.72. The molecule has 0 saturated heterocycles. The molecule has 0 aliphatic carbocycles. The van der Waals surface area contributed by atoms with E-state index in [1.807, 2.05) is 0 Å². The van der Waals surface area contributed by atoms with E-state index in [9.17, 15) is 22.8 Å². The third-order valence-corrected chi connectivity index (χ3v) is 5.10. The summed E-state index contributed by atoms with van der Waals surface area (Å²) in [7, 11) is 0. The van der Waals surface area contributed by atoms with Gasteiger partial charge in [0.25, 0.3) is 5.56 Å². The molecule has 0 saturated carbocycles. The summed E-state index contributed by atoms with van der Waals surface area (Å²) in [5.74, 6) is -0.364. The number of amides is 1. The van der Waals surface area contributed by atoms with Crippen LogP contribution in [0, 0.1) is 6.92 Å². The highest BCUT2D eigenvalue weighted by Crippen LogP contribution is 2.34. The molecule has 4 rings (SSSR count). The molecule has 8 nitrogen and oxygen atoms in total. The van der Waals surface area contributed by atoms with Gasteiger partial charge >= 0.3 is 6.18 Å². The zero-order valence-electron chi connectivity index (χ0n) is 17.1. The Morgan fingerprint density at radius 1 is 1.15 bits per heavy atom. The van der Waals surface area contributed by atoms with Crippen LogP contribution in [0.4, 0.5) is 19.0 Å². The number of anilines is 1. The van der Waals surface area contributed by atoms with Crippen molar-refractivity contribution in [2.75, 3.05) is 5.32 Å². The summed E-state index contributed by atoms with van der Waals surface area (Å²) in [5.41, 5.74) is -0.422. The molecule has 1 N–H and O–H groups in total. The molecule has 12 heteroatoms. The Labute approximate surface area is 189 Å². The number of rotatable bonds is 5. The Morgan fingerprint density at radius 3 is 2.67 bits per heavy atom. The molecule has 0 aliphatic heterocycles. The van der Waals surface area contributed by atoms with Crippen molar-refractivity contribution in [3.63, 3.8) is 0 Å². The molecule has 2 heterocycles. The topological polar surface area (TPSA) is 94.7 Å². The summed E-state index contributed by atoms with van der Waals surface area (Å²) >= 11 is 6.11.